The zero-order valence-corrected chi connectivity index (χ0v) is 25.6. The summed E-state index contributed by atoms with van der Waals surface area (Å²) in [4.78, 5) is 33.2. The molecular formula is C32H45FN6O4. The fraction of sp³-hybridized carbons (Fsp3) is 0.438. The number of unbranched alkanes of at least 4 members (excludes halogenated alkanes) is 3. The minimum absolute atomic E-state index is 0.0144. The Bertz CT molecular complexity index is 1310. The Morgan fingerprint density at radius 3 is 2.51 bits per heavy atom. The molecule has 1 atom stereocenters. The topological polar surface area (TPSA) is 167 Å². The standard InChI is InChI=1S/C32H45FN6O4/c1-6-8-9-10-11-22(4)38-30(40)21(3)14-28(32(5)19-42-20-32)39-29(36)16-27(35)25-13-12-24(15-26(25)33)37-18-23(17-34)31(41)43-7-2/h12-18,22H,3,6-11,19-20,34-35H2,1-2,4-5H3,(H2,36,39)(H,38,40)/b23-17?,27-16?,28-14-,37-18?/t22-/m1/s1. The number of carbonyl (C=O) groups is 2. The van der Waals surface area contributed by atoms with E-state index in [2.05, 4.69) is 28.8 Å². The van der Waals surface area contributed by atoms with Crippen LogP contribution in [0.2, 0.25) is 0 Å². The van der Waals surface area contributed by atoms with E-state index in [0.29, 0.717) is 18.9 Å². The van der Waals surface area contributed by atoms with E-state index in [1.807, 2.05) is 13.8 Å². The van der Waals surface area contributed by atoms with Gasteiger partial charge in [0.15, 0.2) is 0 Å². The van der Waals surface area contributed by atoms with E-state index in [1.165, 1.54) is 30.8 Å². The van der Waals surface area contributed by atoms with E-state index >= 15 is 0 Å². The molecule has 7 N–H and O–H groups in total. The van der Waals surface area contributed by atoms with E-state index in [1.54, 1.807) is 13.0 Å². The summed E-state index contributed by atoms with van der Waals surface area (Å²) in [6.45, 7) is 12.7. The molecule has 0 saturated carbocycles. The van der Waals surface area contributed by atoms with Crippen LogP contribution >= 0.6 is 0 Å². The maximum absolute atomic E-state index is 14.9. The van der Waals surface area contributed by atoms with Crippen molar-refractivity contribution < 1.29 is 23.5 Å². The van der Waals surface area contributed by atoms with Gasteiger partial charge in [-0.3, -0.25) is 9.79 Å². The molecule has 2 rings (SSSR count). The predicted octanol–water partition coefficient (Wildman–Crippen LogP) is 4.54. The van der Waals surface area contributed by atoms with Crippen LogP contribution < -0.4 is 22.5 Å². The SMILES string of the molecule is C=C(/C=C(\N=C(N)C=C(N)c1ccc(N=CC(=CN)C(=O)OCC)cc1F)C1(C)COC1)C(=O)N[C@H](C)CCCCCC. The zero-order chi connectivity index (χ0) is 32.0. The van der Waals surface area contributed by atoms with Crippen LogP contribution in [0.25, 0.3) is 5.70 Å². The Balaban J connectivity index is 2.21. The van der Waals surface area contributed by atoms with Crippen molar-refractivity contribution >= 4 is 35.3 Å². The number of ether oxygens (including phenoxy) is 2. The second-order valence-corrected chi connectivity index (χ2v) is 10.7. The lowest BCUT2D eigenvalue weighted by Crippen LogP contribution is -2.41. The lowest BCUT2D eigenvalue weighted by molar-refractivity contribution is -0.137. The number of aliphatic imine (C=N–C) groups is 2. The molecule has 0 aromatic heterocycles. The second kappa shape index (κ2) is 17.0. The van der Waals surface area contributed by atoms with E-state index in [0.717, 1.165) is 37.9 Å². The number of carbonyl (C=O) groups excluding carboxylic acids is 2. The monoisotopic (exact) mass is 596 g/mol. The molecule has 11 heteroatoms. The lowest BCUT2D eigenvalue weighted by Gasteiger charge is -2.38. The number of hydrogen-bond donors (Lipinski definition) is 4. The fourth-order valence-corrected chi connectivity index (χ4v) is 4.14. The summed E-state index contributed by atoms with van der Waals surface area (Å²) >= 11 is 0. The molecule has 0 radical (unpaired) electrons. The number of nitrogens with two attached hydrogens (primary N) is 3. The van der Waals surface area contributed by atoms with Crippen LogP contribution in [0.15, 0.2) is 70.0 Å². The third-order valence-corrected chi connectivity index (χ3v) is 6.79. The van der Waals surface area contributed by atoms with Crippen molar-refractivity contribution in [2.75, 3.05) is 19.8 Å². The molecular weight excluding hydrogens is 551 g/mol. The smallest absolute Gasteiger partial charge is 0.341 e. The van der Waals surface area contributed by atoms with Crippen LogP contribution in [0, 0.1) is 11.2 Å². The largest absolute Gasteiger partial charge is 0.462 e. The van der Waals surface area contributed by atoms with Gasteiger partial charge in [0, 0.05) is 47.4 Å². The number of rotatable bonds is 16. The van der Waals surface area contributed by atoms with Gasteiger partial charge in [0.25, 0.3) is 5.91 Å². The highest BCUT2D eigenvalue weighted by atomic mass is 19.1. The Morgan fingerprint density at radius 2 is 1.93 bits per heavy atom. The van der Waals surface area contributed by atoms with Crippen molar-refractivity contribution in [3.8, 4) is 0 Å². The highest BCUT2D eigenvalue weighted by Crippen LogP contribution is 2.36. The third kappa shape index (κ3) is 10.8. The molecule has 1 heterocycles. The Kier molecular flexibility index (Phi) is 13.8. The summed E-state index contributed by atoms with van der Waals surface area (Å²) in [5.74, 6) is -1.56. The summed E-state index contributed by atoms with van der Waals surface area (Å²) in [6, 6.07) is 4.13. The normalized spacial score (nSPS) is 16.5. The zero-order valence-electron chi connectivity index (χ0n) is 25.6. The number of amidine groups is 1. The summed E-state index contributed by atoms with van der Waals surface area (Å²) in [7, 11) is 0. The maximum Gasteiger partial charge on any atom is 0.341 e. The van der Waals surface area contributed by atoms with Crippen molar-refractivity contribution in [1.82, 2.24) is 5.32 Å². The average molecular weight is 597 g/mol. The summed E-state index contributed by atoms with van der Waals surface area (Å²) < 4.78 is 25.2. The highest BCUT2D eigenvalue weighted by Gasteiger charge is 2.38. The molecule has 1 fully saturated rings. The molecule has 0 unspecified atom stereocenters. The molecule has 10 nitrogen and oxygen atoms in total. The quantitative estimate of drug-likeness (QED) is 0.0542. The summed E-state index contributed by atoms with van der Waals surface area (Å²) in [5, 5.41) is 2.99. The first-order chi connectivity index (χ1) is 20.4. The van der Waals surface area contributed by atoms with Crippen molar-refractivity contribution in [3.63, 3.8) is 0 Å². The van der Waals surface area contributed by atoms with Gasteiger partial charge in [-0.25, -0.2) is 14.2 Å². The van der Waals surface area contributed by atoms with Gasteiger partial charge in [-0.15, -0.1) is 0 Å². The average Bonchev–Trinajstić information content (AvgIpc) is 2.94. The van der Waals surface area contributed by atoms with Gasteiger partial charge in [0.05, 0.1) is 42.2 Å². The van der Waals surface area contributed by atoms with Gasteiger partial charge >= 0.3 is 5.97 Å². The second-order valence-electron chi connectivity index (χ2n) is 10.7. The first kappa shape index (κ1) is 34.9. The van der Waals surface area contributed by atoms with Crippen LogP contribution in [0.3, 0.4) is 0 Å². The minimum Gasteiger partial charge on any atom is -0.462 e. The first-order valence-electron chi connectivity index (χ1n) is 14.5. The van der Waals surface area contributed by atoms with Crippen molar-refractivity contribution in [2.45, 2.75) is 65.8 Å². The fourth-order valence-electron chi connectivity index (χ4n) is 4.14. The van der Waals surface area contributed by atoms with E-state index in [9.17, 15) is 14.0 Å². The van der Waals surface area contributed by atoms with Gasteiger partial charge in [0.1, 0.15) is 11.7 Å². The maximum atomic E-state index is 14.9. The van der Waals surface area contributed by atoms with Crippen molar-refractivity contribution in [2.24, 2.45) is 32.6 Å². The van der Waals surface area contributed by atoms with Gasteiger partial charge in [-0.1, -0.05) is 39.2 Å². The van der Waals surface area contributed by atoms with Crippen LogP contribution in [0.5, 0.6) is 0 Å². The van der Waals surface area contributed by atoms with Crippen molar-refractivity contribution in [1.29, 1.82) is 0 Å². The van der Waals surface area contributed by atoms with E-state index in [4.69, 9.17) is 26.7 Å². The molecule has 0 aliphatic carbocycles. The summed E-state index contributed by atoms with van der Waals surface area (Å²) in [5.41, 5.74) is 18.5. The molecule has 1 aliphatic rings. The number of amides is 1. The van der Waals surface area contributed by atoms with Crippen LogP contribution in [-0.2, 0) is 19.1 Å². The number of nitrogens with zero attached hydrogens (tertiary/aromatic N) is 2. The van der Waals surface area contributed by atoms with Gasteiger partial charge < -0.3 is 32.0 Å². The third-order valence-electron chi connectivity index (χ3n) is 6.79. The van der Waals surface area contributed by atoms with Gasteiger partial charge in [-0.2, -0.15) is 0 Å². The van der Waals surface area contributed by atoms with Gasteiger partial charge in [0.2, 0.25) is 0 Å². The molecule has 234 valence electrons. The highest BCUT2D eigenvalue weighted by molar-refractivity contribution is 6.09. The molecule has 0 spiro atoms. The number of nitrogens with one attached hydrogen (secondary N) is 1. The van der Waals surface area contributed by atoms with E-state index < -0.39 is 17.2 Å². The van der Waals surface area contributed by atoms with E-state index in [-0.39, 0.29) is 52.5 Å². The summed E-state index contributed by atoms with van der Waals surface area (Å²) in [6.07, 6.45) is 10.6. The lowest BCUT2D eigenvalue weighted by atomic mass is 9.84. The van der Waals surface area contributed by atoms with Crippen LogP contribution in [-0.4, -0.2) is 49.8 Å². The molecule has 43 heavy (non-hydrogen) atoms. The molecule has 1 amide bonds. The number of benzene rings is 1. The van der Waals surface area contributed by atoms with Crippen molar-refractivity contribution in [3.05, 3.63) is 71.4 Å². The molecule has 1 aromatic rings. The predicted molar refractivity (Wildman–Crippen MR) is 170 cm³/mol. The number of halogens is 1. The number of esters is 1. The molecule has 0 bridgehead atoms. The first-order valence-corrected chi connectivity index (χ1v) is 14.5. The molecule has 1 aliphatic heterocycles. The molecule has 1 saturated heterocycles. The van der Waals surface area contributed by atoms with Crippen LogP contribution in [0.4, 0.5) is 10.1 Å². The van der Waals surface area contributed by atoms with Crippen LogP contribution in [0.1, 0.15) is 65.4 Å². The Morgan fingerprint density at radius 1 is 1.21 bits per heavy atom. The minimum atomic E-state index is -0.658. The Hall–Kier alpha value is -4.25. The van der Waals surface area contributed by atoms with Gasteiger partial charge in [-0.05, 0) is 45.4 Å². The molecule has 1 aromatic carbocycles. The Labute approximate surface area is 253 Å². The number of hydrogen-bond acceptors (Lipinski definition) is 8.